The lowest BCUT2D eigenvalue weighted by Crippen LogP contribution is -2.26. The molecule has 1 rings (SSSR count). The first-order valence-electron chi connectivity index (χ1n) is 5.57. The van der Waals surface area contributed by atoms with E-state index in [4.69, 9.17) is 9.84 Å². The van der Waals surface area contributed by atoms with E-state index in [1.807, 2.05) is 22.6 Å². The standard InChI is InChI=1S/C12H15FINO3/c13-9-2-3-10(11(14)8-9)12(17)15-4-1-6-18-7-5-16/h2-3,8,16H,1,4-7H2,(H,15,17). The van der Waals surface area contributed by atoms with E-state index < -0.39 is 0 Å². The minimum absolute atomic E-state index is 0.000133. The molecule has 1 amide bonds. The van der Waals surface area contributed by atoms with Crippen molar-refractivity contribution < 1.29 is 19.0 Å². The topological polar surface area (TPSA) is 58.6 Å². The second-order valence-corrected chi connectivity index (χ2v) is 4.73. The molecule has 0 bridgehead atoms. The molecule has 4 nitrogen and oxygen atoms in total. The van der Waals surface area contributed by atoms with E-state index in [1.54, 1.807) is 0 Å². The van der Waals surface area contributed by atoms with Crippen LogP contribution >= 0.6 is 22.6 Å². The summed E-state index contributed by atoms with van der Waals surface area (Å²) in [6.07, 6.45) is 0.670. The number of hydrogen-bond donors (Lipinski definition) is 2. The third kappa shape index (κ3) is 5.28. The summed E-state index contributed by atoms with van der Waals surface area (Å²) in [6, 6.07) is 4.05. The fourth-order valence-electron chi connectivity index (χ4n) is 1.31. The van der Waals surface area contributed by atoms with E-state index in [2.05, 4.69) is 5.32 Å². The quantitative estimate of drug-likeness (QED) is 0.568. The molecule has 6 heteroatoms. The molecule has 100 valence electrons. The lowest BCUT2D eigenvalue weighted by molar-refractivity contribution is 0.0867. The Hall–Kier alpha value is -0.730. The van der Waals surface area contributed by atoms with Gasteiger partial charge in [-0.3, -0.25) is 4.79 Å². The Morgan fingerprint density at radius 3 is 2.89 bits per heavy atom. The molecule has 0 unspecified atom stereocenters. The van der Waals surface area contributed by atoms with Gasteiger partial charge in [0.1, 0.15) is 5.82 Å². The van der Waals surface area contributed by atoms with E-state index in [0.29, 0.717) is 35.3 Å². The van der Waals surface area contributed by atoms with Crippen molar-refractivity contribution in [1.29, 1.82) is 0 Å². The summed E-state index contributed by atoms with van der Waals surface area (Å²) in [5, 5.41) is 11.2. The first-order valence-corrected chi connectivity index (χ1v) is 6.65. The lowest BCUT2D eigenvalue weighted by atomic mass is 10.2. The second kappa shape index (κ2) is 8.39. The highest BCUT2D eigenvalue weighted by molar-refractivity contribution is 14.1. The SMILES string of the molecule is O=C(NCCCOCCO)c1ccc(F)cc1I. The van der Waals surface area contributed by atoms with Crippen molar-refractivity contribution in [3.05, 3.63) is 33.1 Å². The number of halogens is 2. The van der Waals surface area contributed by atoms with Crippen LogP contribution in [0, 0.1) is 9.39 Å². The smallest absolute Gasteiger partial charge is 0.252 e. The maximum absolute atomic E-state index is 12.9. The van der Waals surface area contributed by atoms with Crippen LogP contribution in [0.25, 0.3) is 0 Å². The summed E-state index contributed by atoms with van der Waals surface area (Å²) in [7, 11) is 0. The number of hydrogen-bond acceptors (Lipinski definition) is 3. The number of benzene rings is 1. The summed E-state index contributed by atoms with van der Waals surface area (Å²) < 4.78 is 18.5. The molecule has 0 aliphatic rings. The summed E-state index contributed by atoms with van der Waals surface area (Å²) in [5.41, 5.74) is 0.466. The molecule has 0 aliphatic heterocycles. The first kappa shape index (κ1) is 15.3. The minimum atomic E-state index is -0.353. The Bertz CT molecular complexity index is 401. The zero-order valence-electron chi connectivity index (χ0n) is 9.79. The average Bonchev–Trinajstić information content (AvgIpc) is 2.33. The monoisotopic (exact) mass is 367 g/mol. The Balaban J connectivity index is 2.32. The van der Waals surface area contributed by atoms with E-state index >= 15 is 0 Å². The van der Waals surface area contributed by atoms with Crippen LogP contribution in [0.5, 0.6) is 0 Å². The Kier molecular flexibility index (Phi) is 7.14. The van der Waals surface area contributed by atoms with E-state index in [9.17, 15) is 9.18 Å². The Labute approximate surface area is 119 Å². The van der Waals surface area contributed by atoms with Gasteiger partial charge in [0.25, 0.3) is 5.91 Å². The number of nitrogens with one attached hydrogen (secondary N) is 1. The van der Waals surface area contributed by atoms with Crippen molar-refractivity contribution in [1.82, 2.24) is 5.32 Å². The van der Waals surface area contributed by atoms with E-state index in [0.717, 1.165) is 0 Å². The first-order chi connectivity index (χ1) is 8.65. The molecule has 0 saturated carbocycles. The van der Waals surface area contributed by atoms with Gasteiger partial charge in [0.15, 0.2) is 0 Å². The molecular weight excluding hydrogens is 352 g/mol. The van der Waals surface area contributed by atoms with Gasteiger partial charge in [-0.2, -0.15) is 0 Å². The van der Waals surface area contributed by atoms with Crippen molar-refractivity contribution in [2.75, 3.05) is 26.4 Å². The average molecular weight is 367 g/mol. The van der Waals surface area contributed by atoms with Crippen molar-refractivity contribution in [3.63, 3.8) is 0 Å². The van der Waals surface area contributed by atoms with Crippen molar-refractivity contribution in [2.45, 2.75) is 6.42 Å². The van der Waals surface area contributed by atoms with Crippen LogP contribution < -0.4 is 5.32 Å². The van der Waals surface area contributed by atoms with E-state index in [1.165, 1.54) is 18.2 Å². The van der Waals surface area contributed by atoms with Crippen LogP contribution in [0.4, 0.5) is 4.39 Å². The van der Waals surface area contributed by atoms with Gasteiger partial charge in [0.05, 0.1) is 18.8 Å². The van der Waals surface area contributed by atoms with Gasteiger partial charge in [-0.15, -0.1) is 0 Å². The zero-order chi connectivity index (χ0) is 13.4. The predicted molar refractivity (Wildman–Crippen MR) is 74.0 cm³/mol. The fourth-order valence-corrected chi connectivity index (χ4v) is 2.03. The number of aliphatic hydroxyl groups excluding tert-OH is 1. The van der Waals surface area contributed by atoms with Gasteiger partial charge < -0.3 is 15.2 Å². The van der Waals surface area contributed by atoms with Gasteiger partial charge in [-0.1, -0.05) is 0 Å². The fraction of sp³-hybridized carbons (Fsp3) is 0.417. The molecule has 0 radical (unpaired) electrons. The Morgan fingerprint density at radius 1 is 1.44 bits per heavy atom. The molecule has 1 aromatic rings. The van der Waals surface area contributed by atoms with Crippen LogP contribution in [-0.4, -0.2) is 37.4 Å². The lowest BCUT2D eigenvalue weighted by Gasteiger charge is -2.07. The van der Waals surface area contributed by atoms with Gasteiger partial charge in [-0.25, -0.2) is 4.39 Å². The summed E-state index contributed by atoms with van der Waals surface area (Å²) >= 11 is 1.93. The number of rotatable bonds is 7. The molecule has 0 fully saturated rings. The molecule has 0 aromatic heterocycles. The molecule has 0 aliphatic carbocycles. The highest BCUT2D eigenvalue weighted by atomic mass is 127. The Morgan fingerprint density at radius 2 is 2.22 bits per heavy atom. The molecule has 2 N–H and O–H groups in total. The zero-order valence-corrected chi connectivity index (χ0v) is 11.9. The number of aliphatic hydroxyl groups is 1. The molecule has 0 spiro atoms. The van der Waals surface area contributed by atoms with Gasteiger partial charge in [-0.05, 0) is 47.2 Å². The van der Waals surface area contributed by atoms with Crippen LogP contribution in [0.1, 0.15) is 16.8 Å². The molecule has 0 heterocycles. The molecule has 18 heavy (non-hydrogen) atoms. The van der Waals surface area contributed by atoms with Crippen LogP contribution in [0.3, 0.4) is 0 Å². The second-order valence-electron chi connectivity index (χ2n) is 3.57. The summed E-state index contributed by atoms with van der Waals surface area (Å²) in [5.74, 6) is -0.574. The van der Waals surface area contributed by atoms with Crippen molar-refractivity contribution in [2.24, 2.45) is 0 Å². The number of amides is 1. The number of ether oxygens (including phenoxy) is 1. The maximum Gasteiger partial charge on any atom is 0.252 e. The minimum Gasteiger partial charge on any atom is -0.394 e. The van der Waals surface area contributed by atoms with Crippen LogP contribution in [0.2, 0.25) is 0 Å². The largest absolute Gasteiger partial charge is 0.394 e. The van der Waals surface area contributed by atoms with Gasteiger partial charge in [0.2, 0.25) is 0 Å². The number of carbonyl (C=O) groups excluding carboxylic acids is 1. The van der Waals surface area contributed by atoms with Crippen molar-refractivity contribution >= 4 is 28.5 Å². The molecule has 0 saturated heterocycles. The predicted octanol–water partition coefficient (Wildman–Crippen LogP) is 1.56. The van der Waals surface area contributed by atoms with Crippen LogP contribution in [0.15, 0.2) is 18.2 Å². The van der Waals surface area contributed by atoms with E-state index in [-0.39, 0.29) is 18.3 Å². The molecule has 0 atom stereocenters. The highest BCUT2D eigenvalue weighted by Crippen LogP contribution is 2.13. The normalized spacial score (nSPS) is 10.4. The van der Waals surface area contributed by atoms with Crippen molar-refractivity contribution in [3.8, 4) is 0 Å². The summed E-state index contributed by atoms with van der Waals surface area (Å²) in [4.78, 5) is 11.7. The molecular formula is C12H15FINO3. The third-order valence-corrected chi connectivity index (χ3v) is 3.05. The maximum atomic E-state index is 12.9. The third-order valence-electron chi connectivity index (χ3n) is 2.16. The van der Waals surface area contributed by atoms with Gasteiger partial charge in [0, 0.05) is 16.7 Å². The molecule has 1 aromatic carbocycles. The van der Waals surface area contributed by atoms with Gasteiger partial charge >= 0.3 is 0 Å². The van der Waals surface area contributed by atoms with Crippen LogP contribution in [-0.2, 0) is 4.74 Å². The number of carbonyl (C=O) groups is 1. The summed E-state index contributed by atoms with van der Waals surface area (Å²) in [6.45, 7) is 1.28. The highest BCUT2D eigenvalue weighted by Gasteiger charge is 2.09.